The predicted molar refractivity (Wildman–Crippen MR) is 80.9 cm³/mol. The average Bonchev–Trinajstić information content (AvgIpc) is 3.01. The number of ether oxygens (including phenoxy) is 1. The lowest BCUT2D eigenvalue weighted by Gasteiger charge is -2.30. The van der Waals surface area contributed by atoms with Crippen LogP contribution in [0, 0.1) is 0 Å². The molecule has 0 spiro atoms. The Balaban J connectivity index is 0.00000132. The Morgan fingerprint density at radius 3 is 3.05 bits per heavy atom. The van der Waals surface area contributed by atoms with Gasteiger partial charge in [-0.1, -0.05) is 0 Å². The molecular weight excluding hydrogens is 292 g/mol. The number of nitrogens with zero attached hydrogens (tertiary/aromatic N) is 1. The Bertz CT molecular complexity index is 712. The normalized spacial score (nSPS) is 26.2. The van der Waals surface area contributed by atoms with Crippen molar-refractivity contribution >= 4 is 29.3 Å². The van der Waals surface area contributed by atoms with Crippen molar-refractivity contribution in [3.63, 3.8) is 0 Å². The third-order valence-electron chi connectivity index (χ3n) is 4.54. The number of rotatable bonds is 1. The molecule has 4 rings (SSSR count). The van der Waals surface area contributed by atoms with E-state index in [1.165, 1.54) is 12.7 Å². The number of carbonyl (C=O) groups is 1. The number of aromatic hydroxyl groups is 1. The fourth-order valence-corrected chi connectivity index (χ4v) is 3.70. The van der Waals surface area contributed by atoms with Gasteiger partial charge in [0.15, 0.2) is 0 Å². The van der Waals surface area contributed by atoms with E-state index in [0.29, 0.717) is 5.92 Å². The number of fused-ring (bicyclic) bond motifs is 6. The summed E-state index contributed by atoms with van der Waals surface area (Å²) in [7, 11) is 1.43. The van der Waals surface area contributed by atoms with Gasteiger partial charge in [-0.25, -0.2) is 4.79 Å². The Morgan fingerprint density at radius 1 is 1.48 bits per heavy atom. The SMILES string of the molecule is COC(=O)C1c2[nH]c3ccc(O)cc3c2C2CCN1C2.Cl. The number of phenols is 1. The molecule has 0 radical (unpaired) electrons. The van der Waals surface area contributed by atoms with Gasteiger partial charge in [0.05, 0.1) is 7.11 Å². The van der Waals surface area contributed by atoms with Gasteiger partial charge >= 0.3 is 5.97 Å². The average molecular weight is 309 g/mol. The summed E-state index contributed by atoms with van der Waals surface area (Å²) in [4.78, 5) is 17.7. The Hall–Kier alpha value is -1.72. The largest absolute Gasteiger partial charge is 0.508 e. The standard InChI is InChI=1S/C15H16N2O3.ClH/c1-20-15(19)14-13-12(8-4-5-17(14)7-8)10-6-9(18)2-3-11(10)16-13;/h2-3,6,8,14,16,18H,4-5,7H2,1H3;1H. The third kappa shape index (κ3) is 1.92. The number of methoxy groups -OCH3 is 1. The number of aromatic nitrogens is 1. The van der Waals surface area contributed by atoms with Crippen LogP contribution in [0.25, 0.3) is 10.9 Å². The van der Waals surface area contributed by atoms with E-state index in [2.05, 4.69) is 9.88 Å². The maximum Gasteiger partial charge on any atom is 0.329 e. The van der Waals surface area contributed by atoms with Crippen LogP contribution in [0.4, 0.5) is 0 Å². The van der Waals surface area contributed by atoms with Crippen molar-refractivity contribution in [2.24, 2.45) is 0 Å². The van der Waals surface area contributed by atoms with Gasteiger partial charge in [0.25, 0.3) is 0 Å². The highest BCUT2D eigenvalue weighted by Gasteiger charge is 2.44. The molecule has 112 valence electrons. The first-order valence-corrected chi connectivity index (χ1v) is 6.85. The maximum atomic E-state index is 12.1. The molecule has 0 amide bonds. The van der Waals surface area contributed by atoms with Crippen LogP contribution in [-0.2, 0) is 9.53 Å². The molecule has 1 aromatic carbocycles. The van der Waals surface area contributed by atoms with Gasteiger partial charge in [-0.2, -0.15) is 0 Å². The lowest BCUT2D eigenvalue weighted by molar-refractivity contribution is -0.147. The van der Waals surface area contributed by atoms with Crippen LogP contribution in [0.15, 0.2) is 18.2 Å². The van der Waals surface area contributed by atoms with E-state index in [9.17, 15) is 9.90 Å². The molecule has 3 heterocycles. The van der Waals surface area contributed by atoms with Crippen molar-refractivity contribution in [2.45, 2.75) is 18.4 Å². The number of nitrogens with one attached hydrogen (secondary N) is 1. The molecular formula is C15H17ClN2O3. The maximum absolute atomic E-state index is 12.1. The molecule has 1 aromatic heterocycles. The van der Waals surface area contributed by atoms with Crippen LogP contribution in [0.2, 0.25) is 0 Å². The Kier molecular flexibility index (Phi) is 3.34. The Morgan fingerprint density at radius 2 is 2.29 bits per heavy atom. The number of phenolic OH excluding ortho intramolecular Hbond substituents is 1. The second-order valence-electron chi connectivity index (χ2n) is 5.59. The van der Waals surface area contributed by atoms with Crippen LogP contribution in [-0.4, -0.2) is 41.2 Å². The molecule has 2 aliphatic heterocycles. The molecule has 1 fully saturated rings. The fourth-order valence-electron chi connectivity index (χ4n) is 3.70. The molecule has 0 saturated carbocycles. The molecule has 2 N–H and O–H groups in total. The molecule has 1 saturated heterocycles. The molecule has 3 atom stereocenters. The summed E-state index contributed by atoms with van der Waals surface area (Å²) in [6.07, 6.45) is 1.04. The fraction of sp³-hybridized carbons (Fsp3) is 0.400. The summed E-state index contributed by atoms with van der Waals surface area (Å²) in [5, 5.41) is 10.8. The second kappa shape index (κ2) is 4.93. The van der Waals surface area contributed by atoms with Gasteiger partial charge in [-0.15, -0.1) is 12.4 Å². The topological polar surface area (TPSA) is 65.6 Å². The zero-order valence-electron chi connectivity index (χ0n) is 11.6. The Labute approximate surface area is 128 Å². The molecule has 5 nitrogen and oxygen atoms in total. The van der Waals surface area contributed by atoms with Crippen LogP contribution in [0.1, 0.15) is 29.6 Å². The minimum Gasteiger partial charge on any atom is -0.508 e. The summed E-state index contributed by atoms with van der Waals surface area (Å²) in [6, 6.07) is 4.96. The number of benzene rings is 1. The highest BCUT2D eigenvalue weighted by Crippen LogP contribution is 2.46. The number of esters is 1. The first kappa shape index (κ1) is 14.2. The molecule has 2 aliphatic rings. The number of carbonyl (C=O) groups excluding carboxylic acids is 1. The summed E-state index contributed by atoms with van der Waals surface area (Å²) < 4.78 is 4.97. The van der Waals surface area contributed by atoms with E-state index in [1.807, 2.05) is 6.07 Å². The van der Waals surface area contributed by atoms with E-state index in [-0.39, 0.29) is 30.2 Å². The quantitative estimate of drug-likeness (QED) is 0.794. The molecule has 6 heteroatoms. The molecule has 0 aliphatic carbocycles. The van der Waals surface area contributed by atoms with Crippen molar-refractivity contribution < 1.29 is 14.6 Å². The monoisotopic (exact) mass is 308 g/mol. The molecule has 2 aromatic rings. The van der Waals surface area contributed by atoms with E-state index in [4.69, 9.17) is 4.74 Å². The van der Waals surface area contributed by atoms with Crippen molar-refractivity contribution in [2.75, 3.05) is 20.2 Å². The number of hydrogen-bond acceptors (Lipinski definition) is 4. The smallest absolute Gasteiger partial charge is 0.329 e. The zero-order valence-corrected chi connectivity index (χ0v) is 12.4. The van der Waals surface area contributed by atoms with Gasteiger partial charge in [0.2, 0.25) is 0 Å². The first-order chi connectivity index (χ1) is 9.69. The predicted octanol–water partition coefficient (Wildman–Crippen LogP) is 2.31. The van der Waals surface area contributed by atoms with Crippen LogP contribution in [0.3, 0.4) is 0 Å². The van der Waals surface area contributed by atoms with Crippen LogP contribution < -0.4 is 0 Å². The van der Waals surface area contributed by atoms with Crippen LogP contribution >= 0.6 is 12.4 Å². The minimum absolute atomic E-state index is 0. The summed E-state index contributed by atoms with van der Waals surface area (Å²) in [5.74, 6) is 0.471. The van der Waals surface area contributed by atoms with E-state index in [1.54, 1.807) is 12.1 Å². The van der Waals surface area contributed by atoms with Crippen molar-refractivity contribution in [3.05, 3.63) is 29.5 Å². The molecule has 3 unspecified atom stereocenters. The van der Waals surface area contributed by atoms with Gasteiger partial charge < -0.3 is 14.8 Å². The minimum atomic E-state index is -0.344. The van der Waals surface area contributed by atoms with Crippen molar-refractivity contribution in [1.29, 1.82) is 0 Å². The molecule has 21 heavy (non-hydrogen) atoms. The highest BCUT2D eigenvalue weighted by atomic mass is 35.5. The van der Waals surface area contributed by atoms with E-state index >= 15 is 0 Å². The van der Waals surface area contributed by atoms with Crippen molar-refractivity contribution in [3.8, 4) is 5.75 Å². The van der Waals surface area contributed by atoms with Crippen molar-refractivity contribution in [1.82, 2.24) is 9.88 Å². The van der Waals surface area contributed by atoms with Crippen LogP contribution in [0.5, 0.6) is 5.75 Å². The number of halogens is 1. The summed E-state index contributed by atoms with van der Waals surface area (Å²) >= 11 is 0. The van der Waals surface area contributed by atoms with Gasteiger partial charge in [0, 0.05) is 29.1 Å². The third-order valence-corrected chi connectivity index (χ3v) is 4.54. The lowest BCUT2D eigenvalue weighted by Crippen LogP contribution is -2.36. The number of H-pyrrole nitrogens is 1. The van der Waals surface area contributed by atoms with Gasteiger partial charge in [0.1, 0.15) is 11.8 Å². The lowest BCUT2D eigenvalue weighted by atomic mass is 9.90. The van der Waals surface area contributed by atoms with E-state index < -0.39 is 0 Å². The number of aromatic amines is 1. The summed E-state index contributed by atoms with van der Waals surface area (Å²) in [5.41, 5.74) is 3.08. The van der Waals surface area contributed by atoms with Gasteiger partial charge in [-0.05, 0) is 36.7 Å². The first-order valence-electron chi connectivity index (χ1n) is 6.85. The zero-order chi connectivity index (χ0) is 13.9. The van der Waals surface area contributed by atoms with E-state index in [0.717, 1.165) is 36.1 Å². The van der Waals surface area contributed by atoms with Gasteiger partial charge in [-0.3, -0.25) is 4.90 Å². The highest BCUT2D eigenvalue weighted by molar-refractivity contribution is 5.90. The summed E-state index contributed by atoms with van der Waals surface area (Å²) in [6.45, 7) is 1.79. The number of hydrogen-bond donors (Lipinski definition) is 2. The molecule has 2 bridgehead atoms. The second-order valence-corrected chi connectivity index (χ2v) is 5.59.